The standard InChI is InChI=1S/C30H40N15O17P3.C29H40N7O21P3/c31-24-21-26(36-7-34-24)43(9-38-21)18-1-12(46)15(58-18)4-56-64(51,52)62-14-2-19(44-10-39-22-25(32)35-8-37-27(22)44)60-17(14)6-57-65(53,54)61-13-3-20(59-16(13)5-55-63(48,49)50)45-11-40-23-28(45)41-30(33)42-29(23)47;1-13-8-35(28(41)32-25(13)38)23-6-16(19(54-23)11-50-58(43,44)45)56-60(48,49)52-12-20-17(7-24(55-20)36-9-14(2)26(39)33-29(36)42)57-59(46,47)51-10-18-15(37)5-22(53-18)34-4-3-21(30)31-27(34)40/h7-20,27,46H,1-6,32H2,(H,35,37)(H,51,52)(H,53,54)(H2,31,34,36)(H2,48,49,50)(H3,33,41,42,47);3-4,8-9,15-20,22-24,37H,5-7,10-12H2,1-2H3,(H,46,47)(H,48,49)(H2,30,31,40)(H,32,38,41)(H,33,39,42)(H2,43,44,45)/t12-,13-,14-,15+,16+,17+,18+,19+,20+,27?;15-,16-,17-,18+,19+,20+,22+,23+,24+/m00/s1. The molecule has 0 aliphatic carbocycles. The third-order valence-corrected chi connectivity index (χ3v) is 25.1. The topological polar surface area (TPSA) is 848 Å². The van der Waals surface area contributed by atoms with Crippen LogP contribution in [0.15, 0.2) is 93.9 Å². The Balaban J connectivity index is 0.000000204. The first kappa shape index (κ1) is 92.5. The molecule has 8 aliphatic rings. The van der Waals surface area contributed by atoms with E-state index in [9.17, 15) is 106 Å². The summed E-state index contributed by atoms with van der Waals surface area (Å²) >= 11 is 0. The van der Waals surface area contributed by atoms with Crippen LogP contribution < -0.4 is 62.0 Å². The van der Waals surface area contributed by atoms with Gasteiger partial charge in [0.1, 0.15) is 128 Å². The van der Waals surface area contributed by atoms with Crippen LogP contribution in [-0.4, -0.2) is 260 Å². The number of nitrogens with one attached hydrogen (secondary N) is 4. The molecule has 22 N–H and O–H groups in total. The van der Waals surface area contributed by atoms with Gasteiger partial charge in [0.15, 0.2) is 28.8 Å². The number of aryl methyl sites for hydroxylation is 2. The molecule has 125 heavy (non-hydrogen) atoms. The highest BCUT2D eigenvalue weighted by molar-refractivity contribution is 7.48. The van der Waals surface area contributed by atoms with Crippen LogP contribution in [0.5, 0.6) is 0 Å². The van der Waals surface area contributed by atoms with E-state index in [1.165, 1.54) is 71.8 Å². The average Bonchev–Trinajstić information content (AvgIpc) is 1.63. The number of aliphatic imine (C=N–C) groups is 2. The maximum absolute atomic E-state index is 13.6. The number of aromatic amines is 3. The van der Waals surface area contributed by atoms with Crippen molar-refractivity contribution in [3.63, 3.8) is 0 Å². The molecule has 66 heteroatoms. The number of H-pyrrole nitrogens is 3. The fourth-order valence-corrected chi connectivity index (χ4v) is 18.7. The lowest BCUT2D eigenvalue weighted by atomic mass is 10.2. The van der Waals surface area contributed by atoms with Crippen molar-refractivity contribution in [1.29, 1.82) is 0 Å². The van der Waals surface area contributed by atoms with Crippen molar-refractivity contribution in [2.24, 2.45) is 15.7 Å². The van der Waals surface area contributed by atoms with Gasteiger partial charge in [-0.05, 0) is 19.9 Å². The van der Waals surface area contributed by atoms with Gasteiger partial charge in [-0.3, -0.25) is 97.4 Å². The smallest absolute Gasteiger partial charge is 0.390 e. The lowest BCUT2D eigenvalue weighted by Gasteiger charge is -2.29. The number of phosphoric ester groups is 6. The molecule has 0 amide bonds. The predicted octanol–water partition coefficient (Wildman–Crippen LogP) is -4.40. The number of fused-ring (bicyclic) bond motifs is 3. The number of phosphoric acid groups is 6. The summed E-state index contributed by atoms with van der Waals surface area (Å²) in [5.41, 5.74) is 19.3. The van der Waals surface area contributed by atoms with Crippen molar-refractivity contribution < 1.29 is 150 Å². The van der Waals surface area contributed by atoms with Crippen LogP contribution in [-0.2, 0) is 101 Å². The van der Waals surface area contributed by atoms with Crippen molar-refractivity contribution in [3.8, 4) is 0 Å². The molecular weight excluding hydrogens is 1810 g/mol. The van der Waals surface area contributed by atoms with Crippen molar-refractivity contribution in [2.75, 3.05) is 56.8 Å². The van der Waals surface area contributed by atoms with Crippen LogP contribution >= 0.6 is 46.9 Å². The first-order valence-corrected chi connectivity index (χ1v) is 45.9. The largest absolute Gasteiger partial charge is 0.472 e. The lowest BCUT2D eigenvalue weighted by Crippen LogP contribution is -2.42. The quantitative estimate of drug-likeness (QED) is 0.0177. The monoisotopic (exact) mass is 1890 g/mol. The minimum absolute atomic E-state index is 0.0251. The fraction of sp³-hybridized carbons (Fsp3) is 0.559. The normalized spacial score (nSPS) is 30.0. The number of ether oxygens (including phenoxy) is 6. The first-order valence-electron chi connectivity index (χ1n) is 36.8. The summed E-state index contributed by atoms with van der Waals surface area (Å²) in [7, 11) is -30.9. The van der Waals surface area contributed by atoms with Crippen LogP contribution in [0.1, 0.15) is 80.8 Å². The molecule has 5 unspecified atom stereocenters. The molecule has 15 rings (SSSR count). The fourth-order valence-electron chi connectivity index (χ4n) is 14.1. The maximum atomic E-state index is 13.6. The molecule has 8 aliphatic heterocycles. The second-order valence-corrected chi connectivity index (χ2v) is 36.8. The second-order valence-electron chi connectivity index (χ2n) is 28.7. The Labute approximate surface area is 695 Å². The number of rotatable bonds is 32. The van der Waals surface area contributed by atoms with Gasteiger partial charge in [0.2, 0.25) is 5.95 Å². The molecule has 0 radical (unpaired) electrons. The molecule has 23 atom stereocenters. The summed E-state index contributed by atoms with van der Waals surface area (Å²) in [6.45, 7) is -2.15. The van der Waals surface area contributed by atoms with Crippen molar-refractivity contribution >= 4 is 99.5 Å². The molecule has 0 spiro atoms. The SMILES string of the molecule is Cc1cn([C@H]2C[C@H](OP(=O)(O)OC[C@H]3O[C@@H](n4cc(C)c(=O)[nH]c4=O)C[C@@H]3OP(=O)(O)OC[C@H]3O[C@@H](n4ccc(N)nc4=O)C[C@@H]3O)[C@@H](COP(=O)(O)O)O2)c(=O)[nH]c1=O.NC1=C2N=CN([C@H]3C[C@H](OP(=O)(O)OC[C@H]4O[C@@H](n5cnc6c(N)ncnc65)C[C@@H]4O)[C@@H](COP(=O)(O)O[C@H]4C[C@H](n5cnc6c(=O)[nH]c(N)nc65)O[C@@H]4COP(=O)(O)O)O3)C2N=CN1. The van der Waals surface area contributed by atoms with E-state index in [0.717, 1.165) is 26.1 Å². The van der Waals surface area contributed by atoms with Gasteiger partial charge in [0.25, 0.3) is 16.7 Å². The van der Waals surface area contributed by atoms with Gasteiger partial charge in [0, 0.05) is 68.2 Å². The van der Waals surface area contributed by atoms with Gasteiger partial charge in [-0.15, -0.1) is 0 Å². The predicted molar refractivity (Wildman–Crippen MR) is 411 cm³/mol. The number of hydrogen-bond acceptors (Lipinski definition) is 44. The molecular formula is C59H80N22O38P6. The van der Waals surface area contributed by atoms with Gasteiger partial charge in [-0.2, -0.15) is 9.97 Å². The zero-order valence-electron chi connectivity index (χ0n) is 64.3. The molecule has 6 saturated heterocycles. The Bertz CT molecular complexity index is 6000. The maximum Gasteiger partial charge on any atom is 0.472 e. The number of nitrogens with two attached hydrogens (primary N) is 4. The minimum Gasteiger partial charge on any atom is -0.390 e. The summed E-state index contributed by atoms with van der Waals surface area (Å²) in [6, 6.07) is 1.32. The summed E-state index contributed by atoms with van der Waals surface area (Å²) in [4.78, 5) is 195. The summed E-state index contributed by atoms with van der Waals surface area (Å²) in [5, 5.41) is 24.1. The van der Waals surface area contributed by atoms with E-state index in [0.29, 0.717) is 16.9 Å². The van der Waals surface area contributed by atoms with Crippen molar-refractivity contribution in [2.45, 2.75) is 169 Å². The first-order chi connectivity index (χ1) is 58.8. The molecule has 15 heterocycles. The number of nitrogen functional groups attached to an aromatic ring is 3. The average molecular weight is 1890 g/mol. The highest BCUT2D eigenvalue weighted by Gasteiger charge is 2.52. The van der Waals surface area contributed by atoms with Gasteiger partial charge in [-0.1, -0.05) is 0 Å². The van der Waals surface area contributed by atoms with Crippen LogP contribution in [0.2, 0.25) is 0 Å². The number of imidazole rings is 2. The van der Waals surface area contributed by atoms with E-state index in [-0.39, 0.29) is 71.4 Å². The Morgan fingerprint density at radius 2 is 0.880 bits per heavy atom. The number of aliphatic hydroxyl groups is 2. The van der Waals surface area contributed by atoms with Crippen LogP contribution in [0.3, 0.4) is 0 Å². The lowest BCUT2D eigenvalue weighted by molar-refractivity contribution is -0.0683. The van der Waals surface area contributed by atoms with E-state index in [4.69, 9.17) is 87.5 Å². The van der Waals surface area contributed by atoms with E-state index >= 15 is 0 Å². The molecule has 0 aromatic carbocycles. The minimum atomic E-state index is -5.28. The Kier molecular flexibility index (Phi) is 27.3. The summed E-state index contributed by atoms with van der Waals surface area (Å²) in [5.74, 6) is 0.0212. The number of nitrogens with zero attached hydrogens (tertiary/aromatic N) is 14. The highest BCUT2D eigenvalue weighted by Crippen LogP contribution is 2.55. The van der Waals surface area contributed by atoms with Crippen LogP contribution in [0, 0.1) is 13.8 Å². The highest BCUT2D eigenvalue weighted by atomic mass is 31.2. The number of aromatic nitrogens is 14. The van der Waals surface area contributed by atoms with Crippen molar-refractivity contribution in [3.05, 3.63) is 129 Å². The Morgan fingerprint density at radius 3 is 1.35 bits per heavy atom. The van der Waals surface area contributed by atoms with E-state index in [2.05, 4.69) is 69.2 Å². The second kappa shape index (κ2) is 36.8. The molecule has 684 valence electrons. The third kappa shape index (κ3) is 22.0. The molecule has 0 bridgehead atoms. The summed E-state index contributed by atoms with van der Waals surface area (Å²) in [6.07, 6.45) is -15.5. The van der Waals surface area contributed by atoms with Crippen LogP contribution in [0.4, 0.5) is 17.6 Å². The number of hydrogen-bond donors (Lipinski definition) is 18. The van der Waals surface area contributed by atoms with Crippen LogP contribution in [0.25, 0.3) is 22.3 Å². The van der Waals surface area contributed by atoms with E-state index < -0.39 is 250 Å². The van der Waals surface area contributed by atoms with Gasteiger partial charge in [0.05, 0.1) is 77.2 Å². The zero-order chi connectivity index (χ0) is 89.9. The van der Waals surface area contributed by atoms with Gasteiger partial charge >= 0.3 is 64.0 Å². The molecule has 7 aromatic rings. The molecule has 7 aromatic heterocycles. The Hall–Kier alpha value is -8.64. The Morgan fingerprint density at radius 1 is 0.472 bits per heavy atom. The van der Waals surface area contributed by atoms with Crippen molar-refractivity contribution in [1.82, 2.24) is 77.9 Å². The number of anilines is 3. The van der Waals surface area contributed by atoms with E-state index in [1.807, 2.05) is 0 Å². The van der Waals surface area contributed by atoms with Gasteiger partial charge in [-0.25, -0.2) is 71.7 Å². The zero-order valence-corrected chi connectivity index (χ0v) is 69.7. The molecule has 0 saturated carbocycles. The third-order valence-electron chi connectivity index (χ3n) is 20.1. The summed E-state index contributed by atoms with van der Waals surface area (Å²) < 4.78 is 169. The molecule has 60 nitrogen and oxygen atoms in total. The van der Waals surface area contributed by atoms with E-state index in [1.54, 1.807) is 0 Å². The number of aliphatic hydroxyl groups excluding tert-OH is 2. The molecule has 6 fully saturated rings. The van der Waals surface area contributed by atoms with Gasteiger partial charge < -0.3 is 111 Å².